The molecule has 1 aliphatic heterocycles. The smallest absolute Gasteiger partial charge is 0.227 e. The van der Waals surface area contributed by atoms with Crippen LogP contribution in [-0.4, -0.2) is 42.2 Å². The van der Waals surface area contributed by atoms with Crippen molar-refractivity contribution in [3.8, 4) is 16.9 Å². The Hall–Kier alpha value is -2.53. The van der Waals surface area contributed by atoms with Crippen molar-refractivity contribution in [2.45, 2.75) is 6.42 Å². The molecule has 0 aliphatic carbocycles. The Morgan fingerprint density at radius 1 is 1.13 bits per heavy atom. The van der Waals surface area contributed by atoms with Gasteiger partial charge in [-0.05, 0) is 17.2 Å². The number of ether oxygens (including phenoxy) is 1. The van der Waals surface area contributed by atoms with Crippen LogP contribution in [0.5, 0.6) is 5.75 Å². The van der Waals surface area contributed by atoms with Gasteiger partial charge in [-0.15, -0.1) is 0 Å². The number of nitrogen functional groups attached to an aromatic ring is 1. The molecule has 1 heterocycles. The number of aromatic hydroxyl groups is 1. The molecule has 120 valence electrons. The number of para-hydroxylation sites is 1. The van der Waals surface area contributed by atoms with Crippen LogP contribution in [0.2, 0.25) is 0 Å². The van der Waals surface area contributed by atoms with Gasteiger partial charge in [0.1, 0.15) is 5.75 Å². The molecule has 0 radical (unpaired) electrons. The molecule has 0 saturated carbocycles. The van der Waals surface area contributed by atoms with Crippen LogP contribution >= 0.6 is 0 Å². The van der Waals surface area contributed by atoms with Gasteiger partial charge < -0.3 is 20.5 Å². The predicted molar refractivity (Wildman–Crippen MR) is 89.1 cm³/mol. The Bertz CT molecular complexity index is 692. The van der Waals surface area contributed by atoms with Crippen LogP contribution in [0.25, 0.3) is 11.1 Å². The van der Waals surface area contributed by atoms with Gasteiger partial charge in [0, 0.05) is 18.7 Å². The number of phenols is 1. The van der Waals surface area contributed by atoms with Gasteiger partial charge in [-0.3, -0.25) is 4.79 Å². The lowest BCUT2D eigenvalue weighted by atomic mass is 10.0. The van der Waals surface area contributed by atoms with Crippen LogP contribution in [0.1, 0.15) is 5.56 Å². The Morgan fingerprint density at radius 3 is 2.52 bits per heavy atom. The van der Waals surface area contributed by atoms with Crippen LogP contribution in [0.3, 0.4) is 0 Å². The van der Waals surface area contributed by atoms with Crippen molar-refractivity contribution in [1.29, 1.82) is 0 Å². The Kier molecular flexibility index (Phi) is 4.48. The van der Waals surface area contributed by atoms with Crippen molar-refractivity contribution >= 4 is 11.6 Å². The molecule has 0 aromatic heterocycles. The zero-order valence-corrected chi connectivity index (χ0v) is 12.9. The summed E-state index contributed by atoms with van der Waals surface area (Å²) in [7, 11) is 0. The number of hydrogen-bond acceptors (Lipinski definition) is 4. The normalized spacial score (nSPS) is 14.7. The van der Waals surface area contributed by atoms with Gasteiger partial charge in [0.2, 0.25) is 5.91 Å². The zero-order chi connectivity index (χ0) is 16.2. The Labute approximate surface area is 135 Å². The summed E-state index contributed by atoms with van der Waals surface area (Å²) in [6, 6.07) is 12.9. The second-order valence-corrected chi connectivity index (χ2v) is 5.61. The lowest BCUT2D eigenvalue weighted by Crippen LogP contribution is -2.41. The lowest BCUT2D eigenvalue weighted by molar-refractivity contribution is -0.134. The minimum atomic E-state index is 0.0876. The van der Waals surface area contributed by atoms with E-state index in [0.717, 1.165) is 11.1 Å². The molecule has 2 aromatic carbocycles. The van der Waals surface area contributed by atoms with Gasteiger partial charge in [-0.2, -0.15) is 0 Å². The summed E-state index contributed by atoms with van der Waals surface area (Å²) in [6.07, 6.45) is 0.378. The maximum atomic E-state index is 12.2. The topological polar surface area (TPSA) is 75.8 Å². The van der Waals surface area contributed by atoms with Gasteiger partial charge in [-0.25, -0.2) is 0 Å². The third-order valence-corrected chi connectivity index (χ3v) is 4.05. The fourth-order valence-electron chi connectivity index (χ4n) is 2.70. The van der Waals surface area contributed by atoms with Crippen molar-refractivity contribution in [2.24, 2.45) is 0 Å². The predicted octanol–water partition coefficient (Wildman–Crippen LogP) is 2.04. The SMILES string of the molecule is Nc1cccc(-c2ccc(CC(=O)N3CCOCC3)cc2)c1O. The molecule has 5 heteroatoms. The van der Waals surface area contributed by atoms with Gasteiger partial charge in [0.25, 0.3) is 0 Å². The Balaban J connectivity index is 1.72. The maximum Gasteiger partial charge on any atom is 0.227 e. The first-order chi connectivity index (χ1) is 11.1. The third-order valence-electron chi connectivity index (χ3n) is 4.05. The van der Waals surface area contributed by atoms with Gasteiger partial charge in [0.05, 0.1) is 25.3 Å². The molecule has 1 fully saturated rings. The summed E-state index contributed by atoms with van der Waals surface area (Å²) in [4.78, 5) is 14.1. The molecular weight excluding hydrogens is 292 g/mol. The maximum absolute atomic E-state index is 12.2. The van der Waals surface area contributed by atoms with E-state index in [2.05, 4.69) is 0 Å². The van der Waals surface area contributed by atoms with E-state index in [-0.39, 0.29) is 11.7 Å². The highest BCUT2D eigenvalue weighted by molar-refractivity contribution is 5.80. The zero-order valence-electron chi connectivity index (χ0n) is 12.9. The molecular formula is C18H20N2O3. The van der Waals surface area contributed by atoms with Gasteiger partial charge in [0.15, 0.2) is 0 Å². The summed E-state index contributed by atoms with van der Waals surface area (Å²) in [5.41, 5.74) is 8.60. The summed E-state index contributed by atoms with van der Waals surface area (Å²) >= 11 is 0. The summed E-state index contributed by atoms with van der Waals surface area (Å²) in [6.45, 7) is 2.54. The monoisotopic (exact) mass is 312 g/mol. The van der Waals surface area contributed by atoms with E-state index in [4.69, 9.17) is 10.5 Å². The molecule has 1 saturated heterocycles. The molecule has 2 aromatic rings. The van der Waals surface area contributed by atoms with E-state index >= 15 is 0 Å². The molecule has 1 amide bonds. The number of hydrogen-bond donors (Lipinski definition) is 2. The minimum Gasteiger partial charge on any atom is -0.505 e. The summed E-state index contributed by atoms with van der Waals surface area (Å²) in [5, 5.41) is 10.0. The molecule has 23 heavy (non-hydrogen) atoms. The number of phenolic OH excluding ortho intramolecular Hbond substituents is 1. The molecule has 5 nitrogen and oxygen atoms in total. The Morgan fingerprint density at radius 2 is 1.83 bits per heavy atom. The number of nitrogens with zero attached hydrogens (tertiary/aromatic N) is 1. The number of carbonyl (C=O) groups excluding carboxylic acids is 1. The highest BCUT2D eigenvalue weighted by atomic mass is 16.5. The van der Waals surface area contributed by atoms with Crippen molar-refractivity contribution in [3.63, 3.8) is 0 Å². The van der Waals surface area contributed by atoms with Crippen molar-refractivity contribution in [1.82, 2.24) is 4.90 Å². The summed E-state index contributed by atoms with van der Waals surface area (Å²) in [5.74, 6) is 0.206. The number of benzene rings is 2. The second-order valence-electron chi connectivity index (χ2n) is 5.61. The third kappa shape index (κ3) is 3.46. The van der Waals surface area contributed by atoms with Crippen LogP contribution in [0.15, 0.2) is 42.5 Å². The number of rotatable bonds is 3. The average molecular weight is 312 g/mol. The van der Waals surface area contributed by atoms with Crippen LogP contribution in [0.4, 0.5) is 5.69 Å². The highest BCUT2D eigenvalue weighted by Crippen LogP contribution is 2.33. The van der Waals surface area contributed by atoms with Crippen LogP contribution in [0, 0.1) is 0 Å². The first-order valence-corrected chi connectivity index (χ1v) is 7.67. The molecule has 0 spiro atoms. The molecule has 3 N–H and O–H groups in total. The molecule has 0 unspecified atom stereocenters. The fourth-order valence-corrected chi connectivity index (χ4v) is 2.70. The van der Waals surface area contributed by atoms with E-state index in [1.54, 1.807) is 12.1 Å². The fraction of sp³-hybridized carbons (Fsp3) is 0.278. The minimum absolute atomic E-state index is 0.0876. The van der Waals surface area contributed by atoms with Crippen LogP contribution in [-0.2, 0) is 16.0 Å². The number of nitrogens with two attached hydrogens (primary N) is 1. The number of morpholine rings is 1. The summed E-state index contributed by atoms with van der Waals surface area (Å²) < 4.78 is 5.26. The van der Waals surface area contributed by atoms with E-state index in [0.29, 0.717) is 44.0 Å². The van der Waals surface area contributed by atoms with E-state index < -0.39 is 0 Å². The van der Waals surface area contributed by atoms with Crippen molar-refractivity contribution in [3.05, 3.63) is 48.0 Å². The second kappa shape index (κ2) is 6.71. The molecule has 0 atom stereocenters. The van der Waals surface area contributed by atoms with Gasteiger partial charge >= 0.3 is 0 Å². The van der Waals surface area contributed by atoms with Crippen molar-refractivity contribution < 1.29 is 14.6 Å². The quantitative estimate of drug-likeness (QED) is 0.672. The van der Waals surface area contributed by atoms with E-state index in [9.17, 15) is 9.90 Å². The molecule has 0 bridgehead atoms. The molecule has 1 aliphatic rings. The number of carbonyl (C=O) groups is 1. The van der Waals surface area contributed by atoms with Crippen molar-refractivity contribution in [2.75, 3.05) is 32.0 Å². The first-order valence-electron chi connectivity index (χ1n) is 7.67. The lowest BCUT2D eigenvalue weighted by Gasteiger charge is -2.26. The number of amides is 1. The van der Waals surface area contributed by atoms with Crippen LogP contribution < -0.4 is 5.73 Å². The number of anilines is 1. The highest BCUT2D eigenvalue weighted by Gasteiger charge is 2.17. The standard InChI is InChI=1S/C18H20N2O3/c19-16-3-1-2-15(18(16)22)14-6-4-13(5-7-14)12-17(21)20-8-10-23-11-9-20/h1-7,22H,8-12,19H2. The van der Waals surface area contributed by atoms with E-state index in [1.807, 2.05) is 35.2 Å². The average Bonchev–Trinajstić information content (AvgIpc) is 2.59. The van der Waals surface area contributed by atoms with Gasteiger partial charge in [-0.1, -0.05) is 36.4 Å². The van der Waals surface area contributed by atoms with E-state index in [1.165, 1.54) is 0 Å². The largest absolute Gasteiger partial charge is 0.505 e. The first kappa shape index (κ1) is 15.4. The molecule has 3 rings (SSSR count).